The molecule has 0 aromatic carbocycles. The molecular weight excluding hydrogens is 262 g/mol. The maximum atomic E-state index is 11.9. The number of nitrogens with zero attached hydrogens (tertiary/aromatic N) is 2. The molecule has 0 bridgehead atoms. The zero-order valence-electron chi connectivity index (χ0n) is 11.2. The first-order valence-electron chi connectivity index (χ1n) is 6.69. The van der Waals surface area contributed by atoms with Crippen molar-refractivity contribution in [3.63, 3.8) is 0 Å². The smallest absolute Gasteiger partial charge is 0.240 e. The van der Waals surface area contributed by atoms with E-state index in [-0.39, 0.29) is 5.91 Å². The topological polar surface area (TPSA) is 65.5 Å². The van der Waals surface area contributed by atoms with Gasteiger partial charge in [0.15, 0.2) is 5.13 Å². The minimum Gasteiger partial charge on any atom is -0.396 e. The van der Waals surface area contributed by atoms with Crippen LogP contribution in [-0.4, -0.2) is 47.1 Å². The van der Waals surface area contributed by atoms with Gasteiger partial charge in [-0.05, 0) is 38.6 Å². The highest BCUT2D eigenvalue weighted by atomic mass is 32.1. The molecule has 1 aromatic rings. The minimum absolute atomic E-state index is 0.0123. The second-order valence-corrected chi connectivity index (χ2v) is 6.05. The molecule has 0 atom stereocenters. The van der Waals surface area contributed by atoms with Crippen molar-refractivity contribution in [2.24, 2.45) is 5.92 Å². The molecule has 1 fully saturated rings. The molecule has 2 N–H and O–H groups in total. The van der Waals surface area contributed by atoms with Crippen LogP contribution in [0.15, 0.2) is 11.6 Å². The predicted octanol–water partition coefficient (Wildman–Crippen LogP) is 1.56. The SMILES string of the molecule is CN(CC(=O)Nc1nccs1)C1CCC(CO)CC1. The summed E-state index contributed by atoms with van der Waals surface area (Å²) in [5, 5.41) is 14.4. The van der Waals surface area contributed by atoms with Gasteiger partial charge in [-0.3, -0.25) is 9.69 Å². The van der Waals surface area contributed by atoms with Gasteiger partial charge in [0.05, 0.1) is 6.54 Å². The van der Waals surface area contributed by atoms with Crippen LogP contribution >= 0.6 is 11.3 Å². The summed E-state index contributed by atoms with van der Waals surface area (Å²) < 4.78 is 0. The van der Waals surface area contributed by atoms with E-state index in [2.05, 4.69) is 15.2 Å². The zero-order chi connectivity index (χ0) is 13.7. The summed E-state index contributed by atoms with van der Waals surface area (Å²) in [7, 11) is 1.99. The fourth-order valence-corrected chi connectivity index (χ4v) is 3.11. The van der Waals surface area contributed by atoms with Crippen molar-refractivity contribution in [1.29, 1.82) is 0 Å². The number of likely N-dealkylation sites (N-methyl/N-ethyl adjacent to an activating group) is 1. The fraction of sp³-hybridized carbons (Fsp3) is 0.692. The van der Waals surface area contributed by atoms with E-state index in [1.807, 2.05) is 12.4 Å². The predicted molar refractivity (Wildman–Crippen MR) is 76.2 cm³/mol. The second-order valence-electron chi connectivity index (χ2n) is 5.16. The van der Waals surface area contributed by atoms with Gasteiger partial charge in [-0.2, -0.15) is 0 Å². The molecular formula is C13H21N3O2S. The molecule has 1 saturated carbocycles. The number of aliphatic hydroxyl groups excluding tert-OH is 1. The molecule has 5 nitrogen and oxygen atoms in total. The number of hydrogen-bond acceptors (Lipinski definition) is 5. The first-order chi connectivity index (χ1) is 9.19. The van der Waals surface area contributed by atoms with Gasteiger partial charge < -0.3 is 10.4 Å². The molecule has 19 heavy (non-hydrogen) atoms. The number of rotatable bonds is 5. The van der Waals surface area contributed by atoms with Gasteiger partial charge in [-0.15, -0.1) is 11.3 Å². The van der Waals surface area contributed by atoms with E-state index in [1.54, 1.807) is 6.20 Å². The van der Waals surface area contributed by atoms with Crippen molar-refractivity contribution in [3.8, 4) is 0 Å². The van der Waals surface area contributed by atoms with Gasteiger partial charge in [-0.1, -0.05) is 0 Å². The van der Waals surface area contributed by atoms with Crippen LogP contribution < -0.4 is 5.32 Å². The second kappa shape index (κ2) is 6.98. The number of nitrogens with one attached hydrogen (secondary N) is 1. The maximum Gasteiger partial charge on any atom is 0.240 e. The Morgan fingerprint density at radius 1 is 1.53 bits per heavy atom. The third-order valence-electron chi connectivity index (χ3n) is 3.77. The van der Waals surface area contributed by atoms with Crippen molar-refractivity contribution in [3.05, 3.63) is 11.6 Å². The van der Waals surface area contributed by atoms with Crippen LogP contribution in [0.5, 0.6) is 0 Å². The number of hydrogen-bond donors (Lipinski definition) is 2. The van der Waals surface area contributed by atoms with Crippen LogP contribution in [0.2, 0.25) is 0 Å². The lowest BCUT2D eigenvalue weighted by Crippen LogP contribution is -2.40. The van der Waals surface area contributed by atoms with E-state index in [0.717, 1.165) is 25.7 Å². The molecule has 1 aliphatic carbocycles. The van der Waals surface area contributed by atoms with E-state index in [4.69, 9.17) is 5.11 Å². The summed E-state index contributed by atoms with van der Waals surface area (Å²) in [4.78, 5) is 18.0. The van der Waals surface area contributed by atoms with Crippen LogP contribution in [0.4, 0.5) is 5.13 Å². The molecule has 0 saturated heterocycles. The van der Waals surface area contributed by atoms with Crippen molar-refractivity contribution in [1.82, 2.24) is 9.88 Å². The minimum atomic E-state index is -0.0123. The number of carbonyl (C=O) groups excluding carboxylic acids is 1. The first-order valence-corrected chi connectivity index (χ1v) is 7.57. The summed E-state index contributed by atoms with van der Waals surface area (Å²) in [6.45, 7) is 0.689. The molecule has 0 aliphatic heterocycles. The van der Waals surface area contributed by atoms with Crippen molar-refractivity contribution >= 4 is 22.4 Å². The lowest BCUT2D eigenvalue weighted by molar-refractivity contribution is -0.117. The summed E-state index contributed by atoms with van der Waals surface area (Å²) in [6, 6.07) is 0.449. The van der Waals surface area contributed by atoms with Crippen molar-refractivity contribution in [2.75, 3.05) is 25.5 Å². The van der Waals surface area contributed by atoms with Crippen LogP contribution in [0.25, 0.3) is 0 Å². The van der Waals surface area contributed by atoms with Crippen molar-refractivity contribution < 1.29 is 9.90 Å². The number of aliphatic hydroxyl groups is 1. The molecule has 1 aliphatic rings. The van der Waals surface area contributed by atoms with Gasteiger partial charge >= 0.3 is 0 Å². The highest BCUT2D eigenvalue weighted by molar-refractivity contribution is 7.13. The molecule has 1 heterocycles. The van der Waals surface area contributed by atoms with E-state index in [9.17, 15) is 4.79 Å². The lowest BCUT2D eigenvalue weighted by Gasteiger charge is -2.33. The number of carbonyl (C=O) groups is 1. The Hall–Kier alpha value is -0.980. The van der Waals surface area contributed by atoms with E-state index in [1.165, 1.54) is 11.3 Å². The largest absolute Gasteiger partial charge is 0.396 e. The number of amides is 1. The van der Waals surface area contributed by atoms with Gasteiger partial charge in [0.1, 0.15) is 0 Å². The van der Waals surface area contributed by atoms with Gasteiger partial charge in [-0.25, -0.2) is 4.98 Å². The van der Waals surface area contributed by atoms with Crippen LogP contribution in [0.3, 0.4) is 0 Å². The Morgan fingerprint density at radius 2 is 2.26 bits per heavy atom. The van der Waals surface area contributed by atoms with E-state index >= 15 is 0 Å². The third-order valence-corrected chi connectivity index (χ3v) is 4.46. The molecule has 0 radical (unpaired) electrons. The zero-order valence-corrected chi connectivity index (χ0v) is 12.0. The quantitative estimate of drug-likeness (QED) is 0.861. The Morgan fingerprint density at radius 3 is 2.84 bits per heavy atom. The molecule has 106 valence electrons. The molecule has 6 heteroatoms. The molecule has 0 spiro atoms. The maximum absolute atomic E-state index is 11.9. The van der Waals surface area contributed by atoms with E-state index < -0.39 is 0 Å². The van der Waals surface area contributed by atoms with Crippen LogP contribution in [-0.2, 0) is 4.79 Å². The fourth-order valence-electron chi connectivity index (χ4n) is 2.57. The standard InChI is InChI=1S/C13H21N3O2S/c1-16(11-4-2-10(9-17)3-5-11)8-12(18)15-13-14-6-7-19-13/h6-7,10-11,17H,2-5,8-9H2,1H3,(H,14,15,18). The highest BCUT2D eigenvalue weighted by Gasteiger charge is 2.24. The average molecular weight is 283 g/mol. The highest BCUT2D eigenvalue weighted by Crippen LogP contribution is 2.26. The average Bonchev–Trinajstić information content (AvgIpc) is 2.91. The summed E-state index contributed by atoms with van der Waals surface area (Å²) in [6.07, 6.45) is 5.91. The molecule has 0 unspecified atom stereocenters. The van der Waals surface area contributed by atoms with E-state index in [0.29, 0.717) is 30.2 Å². The molecule has 1 amide bonds. The first kappa shape index (κ1) is 14.4. The Kier molecular flexibility index (Phi) is 5.30. The molecule has 2 rings (SSSR count). The van der Waals surface area contributed by atoms with Gasteiger partial charge in [0.25, 0.3) is 0 Å². The summed E-state index contributed by atoms with van der Waals surface area (Å²) >= 11 is 1.43. The summed E-state index contributed by atoms with van der Waals surface area (Å²) in [5.41, 5.74) is 0. The number of thiazole rings is 1. The lowest BCUT2D eigenvalue weighted by atomic mass is 9.86. The Labute approximate surface area is 117 Å². The Balaban J connectivity index is 1.74. The van der Waals surface area contributed by atoms with Crippen LogP contribution in [0, 0.1) is 5.92 Å². The number of aromatic nitrogens is 1. The van der Waals surface area contributed by atoms with Crippen LogP contribution in [0.1, 0.15) is 25.7 Å². The Bertz CT molecular complexity index is 389. The van der Waals surface area contributed by atoms with Gasteiger partial charge in [0.2, 0.25) is 5.91 Å². The normalized spacial score (nSPS) is 23.5. The van der Waals surface area contributed by atoms with Crippen molar-refractivity contribution in [2.45, 2.75) is 31.7 Å². The third kappa shape index (κ3) is 4.26. The molecule has 1 aromatic heterocycles. The monoisotopic (exact) mass is 283 g/mol. The number of anilines is 1. The summed E-state index contributed by atoms with van der Waals surface area (Å²) in [5.74, 6) is 0.440. The van der Waals surface area contributed by atoms with Gasteiger partial charge in [0, 0.05) is 24.2 Å².